The molecule has 0 bridgehead atoms. The summed E-state index contributed by atoms with van der Waals surface area (Å²) in [6.07, 6.45) is 7.76. The molecule has 2 rings (SSSR count). The van der Waals surface area contributed by atoms with Gasteiger partial charge >= 0.3 is 0 Å². The molecule has 70 valence electrons. The molecule has 2 nitrogen and oxygen atoms in total. The topological polar surface area (TPSA) is 22.0 Å². The van der Waals surface area contributed by atoms with Crippen LogP contribution in [-0.4, -0.2) is 4.57 Å². The third-order valence-corrected chi connectivity index (χ3v) is 2.99. The molecule has 0 amide bonds. The van der Waals surface area contributed by atoms with Crippen LogP contribution in [0.5, 0.6) is 0 Å². The molecular weight excluding hydrogens is 162 g/mol. The summed E-state index contributed by atoms with van der Waals surface area (Å²) in [6, 6.07) is 3.25. The summed E-state index contributed by atoms with van der Waals surface area (Å²) < 4.78 is 2.11. The minimum atomic E-state index is 0.0926. The predicted molar refractivity (Wildman–Crippen MR) is 52.7 cm³/mol. The first-order valence-electron chi connectivity index (χ1n) is 4.84. The minimum absolute atomic E-state index is 0.0926. The lowest BCUT2D eigenvalue weighted by atomic mass is 9.70. The fourth-order valence-electron chi connectivity index (χ4n) is 1.93. The average molecular weight is 177 g/mol. The minimum Gasteiger partial charge on any atom is -0.353 e. The molecule has 0 atom stereocenters. The molecule has 0 N–H and O–H groups in total. The Bertz CT molecular complexity index is 329. The Hall–Kier alpha value is -1.05. The predicted octanol–water partition coefficient (Wildman–Crippen LogP) is 2.04. The largest absolute Gasteiger partial charge is 0.353 e. The molecule has 1 saturated carbocycles. The van der Waals surface area contributed by atoms with Gasteiger partial charge in [0.1, 0.15) is 0 Å². The zero-order chi connectivity index (χ0) is 9.31. The highest BCUT2D eigenvalue weighted by Gasteiger charge is 2.31. The lowest BCUT2D eigenvalue weighted by Gasteiger charge is -2.38. The molecule has 1 aliphatic rings. The normalized spacial score (nSPS) is 19.5. The van der Waals surface area contributed by atoms with Gasteiger partial charge in [0.05, 0.1) is 0 Å². The van der Waals surface area contributed by atoms with Crippen molar-refractivity contribution in [3.05, 3.63) is 34.7 Å². The number of nitrogens with zero attached hydrogens (tertiary/aromatic N) is 1. The highest BCUT2D eigenvalue weighted by molar-refractivity contribution is 4.95. The van der Waals surface area contributed by atoms with E-state index >= 15 is 0 Å². The molecule has 0 aromatic carbocycles. The highest BCUT2D eigenvalue weighted by Crippen LogP contribution is 2.41. The van der Waals surface area contributed by atoms with Gasteiger partial charge in [-0.1, -0.05) is 13.3 Å². The van der Waals surface area contributed by atoms with Gasteiger partial charge in [-0.2, -0.15) is 0 Å². The molecule has 1 aromatic rings. The summed E-state index contributed by atoms with van der Waals surface area (Å²) in [5.41, 5.74) is 0.574. The fraction of sp³-hybridized carbons (Fsp3) is 0.545. The average Bonchev–Trinajstić information content (AvgIpc) is 2.06. The second-order valence-corrected chi connectivity index (χ2v) is 4.37. The summed E-state index contributed by atoms with van der Waals surface area (Å²) in [5.74, 6) is 0. The van der Waals surface area contributed by atoms with Gasteiger partial charge in [-0.25, -0.2) is 0 Å². The first kappa shape index (κ1) is 8.54. The molecule has 2 heteroatoms. The van der Waals surface area contributed by atoms with Crippen LogP contribution in [0.1, 0.15) is 26.2 Å². The van der Waals surface area contributed by atoms with E-state index in [2.05, 4.69) is 11.5 Å². The number of aromatic nitrogens is 1. The molecule has 0 radical (unpaired) electrons. The molecule has 1 aromatic heterocycles. The van der Waals surface area contributed by atoms with E-state index in [1.165, 1.54) is 19.3 Å². The van der Waals surface area contributed by atoms with Crippen LogP contribution in [0.4, 0.5) is 0 Å². The van der Waals surface area contributed by atoms with Crippen molar-refractivity contribution < 1.29 is 0 Å². The summed E-state index contributed by atoms with van der Waals surface area (Å²) in [5, 5.41) is 0. The van der Waals surface area contributed by atoms with E-state index in [1.807, 2.05) is 12.4 Å². The van der Waals surface area contributed by atoms with E-state index in [-0.39, 0.29) is 5.43 Å². The molecule has 0 saturated heterocycles. The van der Waals surface area contributed by atoms with E-state index in [4.69, 9.17) is 0 Å². The van der Waals surface area contributed by atoms with E-state index in [0.29, 0.717) is 5.41 Å². The van der Waals surface area contributed by atoms with Gasteiger partial charge < -0.3 is 4.57 Å². The van der Waals surface area contributed by atoms with Crippen molar-refractivity contribution >= 4 is 0 Å². The smallest absolute Gasteiger partial charge is 0.181 e. The second-order valence-electron chi connectivity index (χ2n) is 4.37. The standard InChI is InChI=1S/C11H15NO/c1-11(5-2-6-11)9-12-7-3-10(13)4-8-12/h3-4,7-8H,2,5-6,9H2,1H3. The Morgan fingerprint density at radius 1 is 1.38 bits per heavy atom. The molecular formula is C11H15NO. The van der Waals surface area contributed by atoms with Gasteiger partial charge in [0, 0.05) is 31.1 Å². The first-order chi connectivity index (χ1) is 6.18. The summed E-state index contributed by atoms with van der Waals surface area (Å²) >= 11 is 0. The zero-order valence-corrected chi connectivity index (χ0v) is 7.99. The van der Waals surface area contributed by atoms with Crippen molar-refractivity contribution in [3.63, 3.8) is 0 Å². The van der Waals surface area contributed by atoms with Crippen LogP contribution in [0.25, 0.3) is 0 Å². The molecule has 1 heterocycles. The van der Waals surface area contributed by atoms with E-state index in [1.54, 1.807) is 12.1 Å². The van der Waals surface area contributed by atoms with Gasteiger partial charge in [-0.05, 0) is 18.3 Å². The SMILES string of the molecule is CC1(Cn2ccc(=O)cc2)CCC1. The Labute approximate surface area is 78.2 Å². The van der Waals surface area contributed by atoms with Gasteiger partial charge in [0.15, 0.2) is 5.43 Å². The van der Waals surface area contributed by atoms with E-state index in [0.717, 1.165) is 6.54 Å². The van der Waals surface area contributed by atoms with Gasteiger partial charge in [0.2, 0.25) is 0 Å². The van der Waals surface area contributed by atoms with Gasteiger partial charge in [0.25, 0.3) is 0 Å². The molecule has 13 heavy (non-hydrogen) atoms. The van der Waals surface area contributed by atoms with Crippen molar-refractivity contribution in [2.75, 3.05) is 0 Å². The number of pyridine rings is 1. The second kappa shape index (κ2) is 3.02. The van der Waals surface area contributed by atoms with E-state index in [9.17, 15) is 4.79 Å². The number of rotatable bonds is 2. The summed E-state index contributed by atoms with van der Waals surface area (Å²) in [4.78, 5) is 10.9. The molecule has 0 aliphatic heterocycles. The summed E-state index contributed by atoms with van der Waals surface area (Å²) in [6.45, 7) is 3.36. The van der Waals surface area contributed by atoms with Crippen LogP contribution in [0.3, 0.4) is 0 Å². The molecule has 1 aliphatic carbocycles. The fourth-order valence-corrected chi connectivity index (χ4v) is 1.93. The monoisotopic (exact) mass is 177 g/mol. The third kappa shape index (κ3) is 1.82. The van der Waals surface area contributed by atoms with Crippen molar-refractivity contribution in [1.29, 1.82) is 0 Å². The zero-order valence-electron chi connectivity index (χ0n) is 7.99. The Kier molecular flexibility index (Phi) is 1.98. The highest BCUT2D eigenvalue weighted by atomic mass is 16.1. The maximum atomic E-state index is 10.9. The molecule has 1 fully saturated rings. The third-order valence-electron chi connectivity index (χ3n) is 2.99. The maximum absolute atomic E-state index is 10.9. The quantitative estimate of drug-likeness (QED) is 0.677. The lowest BCUT2D eigenvalue weighted by Crippen LogP contribution is -2.30. The molecule has 0 unspecified atom stereocenters. The first-order valence-corrected chi connectivity index (χ1v) is 4.84. The van der Waals surface area contributed by atoms with Crippen molar-refractivity contribution in [2.24, 2.45) is 5.41 Å². The lowest BCUT2D eigenvalue weighted by molar-refractivity contribution is 0.132. The number of hydrogen-bond donors (Lipinski definition) is 0. The van der Waals surface area contributed by atoms with Crippen LogP contribution < -0.4 is 5.43 Å². The number of hydrogen-bond acceptors (Lipinski definition) is 1. The van der Waals surface area contributed by atoms with Crippen LogP contribution in [0.2, 0.25) is 0 Å². The van der Waals surface area contributed by atoms with Crippen LogP contribution in [0, 0.1) is 5.41 Å². The van der Waals surface area contributed by atoms with Crippen LogP contribution in [-0.2, 0) is 6.54 Å². The van der Waals surface area contributed by atoms with Crippen molar-refractivity contribution in [2.45, 2.75) is 32.7 Å². The molecule has 0 spiro atoms. The Balaban J connectivity index is 2.09. The van der Waals surface area contributed by atoms with Gasteiger partial charge in [-0.3, -0.25) is 4.79 Å². The Morgan fingerprint density at radius 3 is 2.46 bits per heavy atom. The van der Waals surface area contributed by atoms with Crippen LogP contribution in [0.15, 0.2) is 29.3 Å². The van der Waals surface area contributed by atoms with E-state index < -0.39 is 0 Å². The van der Waals surface area contributed by atoms with Crippen molar-refractivity contribution in [3.8, 4) is 0 Å². The van der Waals surface area contributed by atoms with Gasteiger partial charge in [-0.15, -0.1) is 0 Å². The van der Waals surface area contributed by atoms with Crippen molar-refractivity contribution in [1.82, 2.24) is 4.57 Å². The summed E-state index contributed by atoms with van der Waals surface area (Å²) in [7, 11) is 0. The van der Waals surface area contributed by atoms with Crippen LogP contribution >= 0.6 is 0 Å². The maximum Gasteiger partial charge on any atom is 0.181 e. The Morgan fingerprint density at radius 2 is 2.00 bits per heavy atom.